The molecule has 6 nitrogen and oxygen atoms in total. The maximum absolute atomic E-state index is 12.0. The number of esters is 1. The molecule has 0 bridgehead atoms. The Kier molecular flexibility index (Phi) is 9.30. The van der Waals surface area contributed by atoms with Gasteiger partial charge in [-0.05, 0) is 43.2 Å². The molecule has 1 atom stereocenters. The molecule has 0 aliphatic heterocycles. The zero-order chi connectivity index (χ0) is 23.5. The standard InChI is InChI=1S/C27H31NO5/c1-3-31-25-17-22(27(30)32-4-2)15-16-24(25)33-19-23(29)18-28-26(20-11-7-5-8-12-20)21-13-9-6-10-14-21/h5-17,23,26,28-29H,3-4,18-19H2,1-2H3. The Morgan fingerprint density at radius 3 is 2.06 bits per heavy atom. The first-order valence-corrected chi connectivity index (χ1v) is 11.2. The van der Waals surface area contributed by atoms with Crippen molar-refractivity contribution >= 4 is 5.97 Å². The molecule has 1 unspecified atom stereocenters. The van der Waals surface area contributed by atoms with Crippen LogP contribution in [0.1, 0.15) is 41.4 Å². The Bertz CT molecular complexity index is 954. The van der Waals surface area contributed by atoms with E-state index >= 15 is 0 Å². The van der Waals surface area contributed by atoms with Crippen molar-refractivity contribution in [2.75, 3.05) is 26.4 Å². The Morgan fingerprint density at radius 1 is 0.848 bits per heavy atom. The Morgan fingerprint density at radius 2 is 1.48 bits per heavy atom. The second kappa shape index (κ2) is 12.6. The van der Waals surface area contributed by atoms with Gasteiger partial charge in [0, 0.05) is 6.54 Å². The molecule has 0 fully saturated rings. The number of rotatable bonds is 12. The van der Waals surface area contributed by atoms with Crippen LogP contribution in [0.25, 0.3) is 0 Å². The second-order valence-electron chi connectivity index (χ2n) is 7.44. The normalized spacial score (nSPS) is 11.8. The van der Waals surface area contributed by atoms with Crippen LogP contribution in [0.15, 0.2) is 78.9 Å². The monoisotopic (exact) mass is 449 g/mol. The average Bonchev–Trinajstić information content (AvgIpc) is 2.85. The summed E-state index contributed by atoms with van der Waals surface area (Å²) in [6, 6.07) is 25.1. The van der Waals surface area contributed by atoms with Crippen LogP contribution in [-0.2, 0) is 4.74 Å². The van der Waals surface area contributed by atoms with E-state index in [9.17, 15) is 9.90 Å². The van der Waals surface area contributed by atoms with Crippen LogP contribution >= 0.6 is 0 Å². The highest BCUT2D eigenvalue weighted by atomic mass is 16.5. The van der Waals surface area contributed by atoms with Gasteiger partial charge in [0.15, 0.2) is 11.5 Å². The van der Waals surface area contributed by atoms with E-state index in [1.165, 1.54) is 0 Å². The maximum atomic E-state index is 12.0. The minimum atomic E-state index is -0.751. The number of carbonyl (C=O) groups excluding carboxylic acids is 1. The summed E-state index contributed by atoms with van der Waals surface area (Å²) in [6.45, 7) is 4.73. The summed E-state index contributed by atoms with van der Waals surface area (Å²) in [5.74, 6) is 0.489. The molecule has 6 heteroatoms. The van der Waals surface area contributed by atoms with Gasteiger partial charge in [-0.1, -0.05) is 60.7 Å². The topological polar surface area (TPSA) is 77.0 Å². The van der Waals surface area contributed by atoms with Gasteiger partial charge in [0.1, 0.15) is 12.7 Å². The number of aliphatic hydroxyl groups is 1. The van der Waals surface area contributed by atoms with Gasteiger partial charge in [0.05, 0.1) is 24.8 Å². The van der Waals surface area contributed by atoms with Crippen LogP contribution < -0.4 is 14.8 Å². The van der Waals surface area contributed by atoms with Gasteiger partial charge in [0.2, 0.25) is 0 Å². The highest BCUT2D eigenvalue weighted by Gasteiger charge is 2.17. The van der Waals surface area contributed by atoms with Crippen LogP contribution in [-0.4, -0.2) is 43.5 Å². The predicted molar refractivity (Wildman–Crippen MR) is 128 cm³/mol. The largest absolute Gasteiger partial charge is 0.490 e. The highest BCUT2D eigenvalue weighted by molar-refractivity contribution is 5.90. The molecule has 0 saturated carbocycles. The summed E-state index contributed by atoms with van der Waals surface area (Å²) in [7, 11) is 0. The minimum Gasteiger partial charge on any atom is -0.490 e. The van der Waals surface area contributed by atoms with Crippen molar-refractivity contribution in [3.63, 3.8) is 0 Å². The van der Waals surface area contributed by atoms with Gasteiger partial charge in [-0.25, -0.2) is 4.79 Å². The van der Waals surface area contributed by atoms with Gasteiger partial charge in [-0.2, -0.15) is 0 Å². The van der Waals surface area contributed by atoms with Crippen molar-refractivity contribution in [1.29, 1.82) is 0 Å². The first-order chi connectivity index (χ1) is 16.1. The molecular weight excluding hydrogens is 418 g/mol. The van der Waals surface area contributed by atoms with E-state index in [0.717, 1.165) is 11.1 Å². The smallest absolute Gasteiger partial charge is 0.338 e. The number of hydrogen-bond acceptors (Lipinski definition) is 6. The van der Waals surface area contributed by atoms with Gasteiger partial charge >= 0.3 is 5.97 Å². The van der Waals surface area contributed by atoms with Gasteiger partial charge in [-0.3, -0.25) is 0 Å². The second-order valence-corrected chi connectivity index (χ2v) is 7.44. The molecule has 0 amide bonds. The molecule has 0 heterocycles. The zero-order valence-corrected chi connectivity index (χ0v) is 19.1. The predicted octanol–water partition coefficient (Wildman–Crippen LogP) is 4.38. The lowest BCUT2D eigenvalue weighted by molar-refractivity contribution is 0.0525. The van der Waals surface area contributed by atoms with Gasteiger partial charge in [0.25, 0.3) is 0 Å². The van der Waals surface area contributed by atoms with Crippen LogP contribution in [0.2, 0.25) is 0 Å². The SMILES string of the molecule is CCOC(=O)c1ccc(OCC(O)CNC(c2ccccc2)c2ccccc2)c(OCC)c1. The van der Waals surface area contributed by atoms with Gasteiger partial charge < -0.3 is 24.6 Å². The molecule has 3 aromatic rings. The van der Waals surface area contributed by atoms with Crippen LogP contribution in [0.5, 0.6) is 11.5 Å². The lowest BCUT2D eigenvalue weighted by Crippen LogP contribution is -2.34. The van der Waals surface area contributed by atoms with Crippen molar-refractivity contribution in [2.45, 2.75) is 26.0 Å². The zero-order valence-electron chi connectivity index (χ0n) is 19.1. The van der Waals surface area contributed by atoms with Gasteiger partial charge in [-0.15, -0.1) is 0 Å². The number of hydrogen-bond donors (Lipinski definition) is 2. The lowest BCUT2D eigenvalue weighted by atomic mass is 9.98. The molecule has 2 N–H and O–H groups in total. The number of aliphatic hydroxyl groups excluding tert-OH is 1. The molecule has 3 rings (SSSR count). The number of nitrogens with one attached hydrogen (secondary N) is 1. The average molecular weight is 450 g/mol. The van der Waals surface area contributed by atoms with E-state index in [4.69, 9.17) is 14.2 Å². The third-order valence-corrected chi connectivity index (χ3v) is 5.01. The van der Waals surface area contributed by atoms with E-state index in [-0.39, 0.29) is 12.6 Å². The van der Waals surface area contributed by atoms with Crippen molar-refractivity contribution in [3.8, 4) is 11.5 Å². The molecule has 0 aliphatic carbocycles. The Hall–Kier alpha value is -3.35. The first kappa shape index (κ1) is 24.3. The van der Waals surface area contributed by atoms with E-state index in [0.29, 0.717) is 36.8 Å². The first-order valence-electron chi connectivity index (χ1n) is 11.2. The fraction of sp³-hybridized carbons (Fsp3) is 0.296. The lowest BCUT2D eigenvalue weighted by Gasteiger charge is -2.22. The van der Waals surface area contributed by atoms with Crippen LogP contribution in [0, 0.1) is 0 Å². The summed E-state index contributed by atoms with van der Waals surface area (Å²) in [5, 5.41) is 14.0. The quantitative estimate of drug-likeness (QED) is 0.400. The number of carbonyl (C=O) groups is 1. The fourth-order valence-electron chi connectivity index (χ4n) is 3.45. The van der Waals surface area contributed by atoms with Crippen LogP contribution in [0.4, 0.5) is 0 Å². The van der Waals surface area contributed by atoms with Crippen molar-refractivity contribution in [2.24, 2.45) is 0 Å². The van der Waals surface area contributed by atoms with E-state index in [1.54, 1.807) is 25.1 Å². The third kappa shape index (κ3) is 7.07. The van der Waals surface area contributed by atoms with Crippen LogP contribution in [0.3, 0.4) is 0 Å². The number of ether oxygens (including phenoxy) is 3. The summed E-state index contributed by atoms with van der Waals surface area (Å²) in [4.78, 5) is 12.0. The molecule has 174 valence electrons. The van der Waals surface area contributed by atoms with E-state index < -0.39 is 12.1 Å². The van der Waals surface area contributed by atoms with E-state index in [2.05, 4.69) is 29.6 Å². The molecule has 0 aromatic heterocycles. The fourth-order valence-corrected chi connectivity index (χ4v) is 3.45. The molecule has 3 aromatic carbocycles. The molecule has 0 aliphatic rings. The molecule has 0 radical (unpaired) electrons. The summed E-state index contributed by atoms with van der Waals surface area (Å²) >= 11 is 0. The van der Waals surface area contributed by atoms with Crippen molar-refractivity contribution in [3.05, 3.63) is 95.6 Å². The number of benzene rings is 3. The summed E-state index contributed by atoms with van der Waals surface area (Å²) in [6.07, 6.45) is -0.751. The Labute approximate surface area is 195 Å². The summed E-state index contributed by atoms with van der Waals surface area (Å²) < 4.78 is 16.5. The molecule has 0 saturated heterocycles. The molecule has 0 spiro atoms. The molecule has 33 heavy (non-hydrogen) atoms. The van der Waals surface area contributed by atoms with Crippen molar-refractivity contribution in [1.82, 2.24) is 5.32 Å². The molecular formula is C27H31NO5. The highest BCUT2D eigenvalue weighted by Crippen LogP contribution is 2.29. The third-order valence-electron chi connectivity index (χ3n) is 5.01. The van der Waals surface area contributed by atoms with Crippen molar-refractivity contribution < 1.29 is 24.1 Å². The minimum absolute atomic E-state index is 0.0510. The van der Waals surface area contributed by atoms with E-state index in [1.807, 2.05) is 43.3 Å². The Balaban J connectivity index is 1.63. The summed E-state index contributed by atoms with van der Waals surface area (Å²) in [5.41, 5.74) is 2.62. The maximum Gasteiger partial charge on any atom is 0.338 e.